The third-order valence-electron chi connectivity index (χ3n) is 3.47. The smallest absolute Gasteiger partial charge is 0.192 e. The summed E-state index contributed by atoms with van der Waals surface area (Å²) in [5.74, 6) is 0.902. The summed E-state index contributed by atoms with van der Waals surface area (Å²) in [5, 5.41) is 9.59. The highest BCUT2D eigenvalue weighted by molar-refractivity contribution is 7.99. The molecule has 0 fully saturated rings. The Bertz CT molecular complexity index is 895. The number of ketones is 1. The van der Waals surface area contributed by atoms with Crippen molar-refractivity contribution >= 4 is 29.1 Å². The number of hydrogen-bond acceptors (Lipinski definition) is 5. The third-order valence-corrected chi connectivity index (χ3v) is 4.77. The minimum absolute atomic E-state index is 0.0470. The van der Waals surface area contributed by atoms with Crippen LogP contribution >= 0.6 is 23.4 Å². The lowest BCUT2D eigenvalue weighted by Crippen LogP contribution is -2.06. The molecular weight excluding hydrogens is 356 g/mol. The Morgan fingerprint density at radius 1 is 1.20 bits per heavy atom. The van der Waals surface area contributed by atoms with Gasteiger partial charge < -0.3 is 0 Å². The number of Topliss-reactive ketones (excluding diaryl/α,β-unsaturated/α-hetero) is 1. The van der Waals surface area contributed by atoms with Crippen LogP contribution in [-0.4, -0.2) is 31.3 Å². The molecule has 0 atom stereocenters. The second-order valence-corrected chi connectivity index (χ2v) is 6.48. The monoisotopic (exact) mass is 370 g/mol. The highest BCUT2D eigenvalue weighted by atomic mass is 35.5. The molecule has 0 aliphatic heterocycles. The van der Waals surface area contributed by atoms with Crippen molar-refractivity contribution in [1.82, 2.24) is 19.7 Å². The van der Waals surface area contributed by atoms with E-state index in [2.05, 4.69) is 21.8 Å². The van der Waals surface area contributed by atoms with Crippen molar-refractivity contribution in [2.75, 3.05) is 5.75 Å². The molecule has 0 spiro atoms. The van der Waals surface area contributed by atoms with Crippen LogP contribution in [0.3, 0.4) is 0 Å². The number of halogens is 1. The van der Waals surface area contributed by atoms with E-state index in [0.717, 1.165) is 11.4 Å². The largest absolute Gasteiger partial charge is 0.298 e. The molecule has 126 valence electrons. The zero-order chi connectivity index (χ0) is 17.6. The maximum atomic E-state index is 12.4. The number of aromatic nitrogens is 4. The Hall–Kier alpha value is -2.44. The number of carbonyl (C=O) groups is 1. The second-order valence-electron chi connectivity index (χ2n) is 5.13. The minimum atomic E-state index is -0.0470. The van der Waals surface area contributed by atoms with Gasteiger partial charge in [0.25, 0.3) is 0 Å². The lowest BCUT2D eigenvalue weighted by Gasteiger charge is -2.07. The predicted octanol–water partition coefficient (Wildman–Crippen LogP) is 4.15. The van der Waals surface area contributed by atoms with Gasteiger partial charge in [0.1, 0.15) is 0 Å². The van der Waals surface area contributed by atoms with Crippen LogP contribution in [0, 0.1) is 0 Å². The third kappa shape index (κ3) is 3.97. The number of carbonyl (C=O) groups excluding carboxylic acids is 1. The van der Waals surface area contributed by atoms with E-state index in [0.29, 0.717) is 22.3 Å². The molecule has 1 aromatic carbocycles. The van der Waals surface area contributed by atoms with E-state index < -0.39 is 0 Å². The van der Waals surface area contributed by atoms with Gasteiger partial charge in [0, 0.05) is 30.1 Å². The fourth-order valence-electron chi connectivity index (χ4n) is 2.30. The zero-order valence-electron chi connectivity index (χ0n) is 13.3. The lowest BCUT2D eigenvalue weighted by atomic mass is 10.1. The SMILES string of the molecule is C=CCn1c(SCC(=O)c2ccccc2Cl)nnc1-c1ccncc1. The van der Waals surface area contributed by atoms with E-state index in [1.165, 1.54) is 11.8 Å². The van der Waals surface area contributed by atoms with Gasteiger partial charge in [0.05, 0.1) is 10.8 Å². The van der Waals surface area contributed by atoms with Crippen molar-refractivity contribution in [3.05, 3.63) is 72.0 Å². The van der Waals surface area contributed by atoms with Gasteiger partial charge in [-0.25, -0.2) is 0 Å². The summed E-state index contributed by atoms with van der Waals surface area (Å²) >= 11 is 7.42. The van der Waals surface area contributed by atoms with Crippen molar-refractivity contribution in [3.63, 3.8) is 0 Å². The Morgan fingerprint density at radius 3 is 2.68 bits per heavy atom. The van der Waals surface area contributed by atoms with Crippen molar-refractivity contribution in [3.8, 4) is 11.4 Å². The molecule has 0 aliphatic carbocycles. The molecule has 3 aromatic rings. The van der Waals surface area contributed by atoms with Crippen LogP contribution < -0.4 is 0 Å². The summed E-state index contributed by atoms with van der Waals surface area (Å²) < 4.78 is 1.92. The Labute approximate surface area is 154 Å². The summed E-state index contributed by atoms with van der Waals surface area (Å²) in [5.41, 5.74) is 1.43. The fourth-order valence-corrected chi connectivity index (χ4v) is 3.37. The number of benzene rings is 1. The summed E-state index contributed by atoms with van der Waals surface area (Å²) in [4.78, 5) is 16.4. The standard InChI is InChI=1S/C18H15ClN4OS/c1-2-11-23-17(13-7-9-20-10-8-13)21-22-18(23)25-12-16(24)14-5-3-4-6-15(14)19/h2-10H,1,11-12H2. The Kier molecular flexibility index (Phi) is 5.63. The van der Waals surface area contributed by atoms with Crippen molar-refractivity contribution in [1.29, 1.82) is 0 Å². The van der Waals surface area contributed by atoms with Crippen LogP contribution in [0.2, 0.25) is 5.02 Å². The van der Waals surface area contributed by atoms with Crippen molar-refractivity contribution in [2.24, 2.45) is 0 Å². The van der Waals surface area contributed by atoms with Gasteiger partial charge in [0.15, 0.2) is 16.8 Å². The molecule has 2 aromatic heterocycles. The average Bonchev–Trinajstić information content (AvgIpc) is 3.04. The molecular formula is C18H15ClN4OS. The Morgan fingerprint density at radius 2 is 1.96 bits per heavy atom. The topological polar surface area (TPSA) is 60.7 Å². The first kappa shape index (κ1) is 17.4. The fraction of sp³-hybridized carbons (Fsp3) is 0.111. The molecule has 25 heavy (non-hydrogen) atoms. The van der Waals surface area contributed by atoms with Gasteiger partial charge in [-0.2, -0.15) is 0 Å². The first-order valence-corrected chi connectivity index (χ1v) is 8.92. The predicted molar refractivity (Wildman–Crippen MR) is 100.0 cm³/mol. The quantitative estimate of drug-likeness (QED) is 0.355. The van der Waals surface area contributed by atoms with Crippen LogP contribution in [0.4, 0.5) is 0 Å². The average molecular weight is 371 g/mol. The highest BCUT2D eigenvalue weighted by Crippen LogP contribution is 2.25. The molecule has 0 amide bonds. The molecule has 0 bridgehead atoms. The van der Waals surface area contributed by atoms with Gasteiger partial charge in [0.2, 0.25) is 0 Å². The number of allylic oxidation sites excluding steroid dienone is 1. The van der Waals surface area contributed by atoms with Gasteiger partial charge in [-0.05, 0) is 24.3 Å². The maximum absolute atomic E-state index is 12.4. The van der Waals surface area contributed by atoms with Crippen molar-refractivity contribution < 1.29 is 4.79 Å². The van der Waals surface area contributed by atoms with E-state index >= 15 is 0 Å². The van der Waals surface area contributed by atoms with Crippen LogP contribution in [0.15, 0.2) is 66.6 Å². The minimum Gasteiger partial charge on any atom is -0.298 e. The number of rotatable bonds is 7. The Balaban J connectivity index is 1.81. The summed E-state index contributed by atoms with van der Waals surface area (Å²) in [6.45, 7) is 4.33. The van der Waals surface area contributed by atoms with E-state index in [1.54, 1.807) is 42.7 Å². The summed E-state index contributed by atoms with van der Waals surface area (Å²) in [7, 11) is 0. The normalized spacial score (nSPS) is 10.6. The molecule has 0 saturated carbocycles. The zero-order valence-corrected chi connectivity index (χ0v) is 14.9. The second kappa shape index (κ2) is 8.09. The number of thioether (sulfide) groups is 1. The molecule has 0 aliphatic rings. The van der Waals surface area contributed by atoms with Crippen LogP contribution in [0.25, 0.3) is 11.4 Å². The van der Waals surface area contributed by atoms with E-state index in [4.69, 9.17) is 11.6 Å². The number of hydrogen-bond donors (Lipinski definition) is 0. The maximum Gasteiger partial charge on any atom is 0.192 e. The summed E-state index contributed by atoms with van der Waals surface area (Å²) in [6.07, 6.45) is 5.18. The van der Waals surface area contributed by atoms with E-state index in [1.807, 2.05) is 16.7 Å². The van der Waals surface area contributed by atoms with Gasteiger partial charge in [-0.1, -0.05) is 41.6 Å². The first-order chi connectivity index (χ1) is 12.2. The van der Waals surface area contributed by atoms with Crippen molar-refractivity contribution in [2.45, 2.75) is 11.7 Å². The molecule has 3 rings (SSSR count). The van der Waals surface area contributed by atoms with Crippen LogP contribution in [0.5, 0.6) is 0 Å². The van der Waals surface area contributed by atoms with Crippen LogP contribution in [0.1, 0.15) is 10.4 Å². The van der Waals surface area contributed by atoms with Gasteiger partial charge in [-0.3, -0.25) is 14.3 Å². The van der Waals surface area contributed by atoms with Gasteiger partial charge in [-0.15, -0.1) is 16.8 Å². The molecule has 0 saturated heterocycles. The van der Waals surface area contributed by atoms with E-state index in [9.17, 15) is 4.79 Å². The van der Waals surface area contributed by atoms with E-state index in [-0.39, 0.29) is 11.5 Å². The molecule has 2 heterocycles. The molecule has 5 nitrogen and oxygen atoms in total. The summed E-state index contributed by atoms with van der Waals surface area (Å²) in [6, 6.07) is 10.8. The van der Waals surface area contributed by atoms with Crippen LogP contribution in [-0.2, 0) is 6.54 Å². The molecule has 0 unspecified atom stereocenters. The number of pyridine rings is 1. The first-order valence-electron chi connectivity index (χ1n) is 7.55. The lowest BCUT2D eigenvalue weighted by molar-refractivity contribution is 0.102. The molecule has 7 heteroatoms. The highest BCUT2D eigenvalue weighted by Gasteiger charge is 2.16. The number of nitrogens with zero attached hydrogens (tertiary/aromatic N) is 4. The molecule has 0 N–H and O–H groups in total. The molecule has 0 radical (unpaired) electrons. The van der Waals surface area contributed by atoms with Gasteiger partial charge >= 0.3 is 0 Å².